The van der Waals surface area contributed by atoms with E-state index < -0.39 is 5.41 Å². The number of fused-ring (bicyclic) bond motifs is 4. The Morgan fingerprint density at radius 2 is 2.21 bits per heavy atom. The fourth-order valence-electron chi connectivity index (χ4n) is 6.91. The Hall–Kier alpha value is -1.85. The molecule has 3 fully saturated rings. The predicted octanol–water partition coefficient (Wildman–Crippen LogP) is 3.01. The highest BCUT2D eigenvalue weighted by Gasteiger charge is 2.65. The minimum absolute atomic E-state index is 0.0946. The van der Waals surface area contributed by atoms with E-state index >= 15 is 0 Å². The Balaban J connectivity index is 1.76. The summed E-state index contributed by atoms with van der Waals surface area (Å²) in [6.07, 6.45) is 4.76. The summed E-state index contributed by atoms with van der Waals surface area (Å²) in [6.45, 7) is 3.40. The molecule has 0 radical (unpaired) electrons. The lowest BCUT2D eigenvalue weighted by Gasteiger charge is -2.61. The minimum Gasteiger partial charge on any atom is -0.468 e. The van der Waals surface area contributed by atoms with Crippen molar-refractivity contribution in [1.82, 2.24) is 9.88 Å². The molecular weight excluding hydrogens is 352 g/mol. The monoisotopic (exact) mass is 382 g/mol. The van der Waals surface area contributed by atoms with E-state index in [1.165, 1.54) is 18.1 Å². The summed E-state index contributed by atoms with van der Waals surface area (Å²) >= 11 is 0. The molecule has 4 bridgehead atoms. The van der Waals surface area contributed by atoms with Crippen LogP contribution in [0.4, 0.5) is 0 Å². The van der Waals surface area contributed by atoms with Crippen LogP contribution >= 0.6 is 0 Å². The van der Waals surface area contributed by atoms with Crippen LogP contribution in [-0.2, 0) is 21.4 Å². The SMILES string of the molecule is CCC1CC2CC3(C(=O)OC)c4[nH]c5ccccc5c4CCN(C2CCO)C13. The Morgan fingerprint density at radius 1 is 1.39 bits per heavy atom. The Labute approximate surface area is 166 Å². The predicted molar refractivity (Wildman–Crippen MR) is 108 cm³/mol. The zero-order chi connectivity index (χ0) is 19.5. The Bertz CT molecular complexity index is 906. The summed E-state index contributed by atoms with van der Waals surface area (Å²) in [5.74, 6) is 0.798. The zero-order valence-corrected chi connectivity index (χ0v) is 16.8. The Morgan fingerprint density at radius 3 is 2.96 bits per heavy atom. The fraction of sp³-hybridized carbons (Fsp3) is 0.609. The third kappa shape index (κ3) is 2.23. The van der Waals surface area contributed by atoms with Crippen LogP contribution in [0.2, 0.25) is 0 Å². The molecule has 2 N–H and O–H groups in total. The highest BCUT2D eigenvalue weighted by atomic mass is 16.5. The van der Waals surface area contributed by atoms with Crippen LogP contribution in [0.25, 0.3) is 10.9 Å². The third-order valence-corrected chi connectivity index (χ3v) is 7.85. The molecule has 4 aliphatic rings. The first-order valence-corrected chi connectivity index (χ1v) is 10.7. The number of piperidine rings is 2. The maximum atomic E-state index is 13.5. The van der Waals surface area contributed by atoms with Gasteiger partial charge in [0.05, 0.1) is 7.11 Å². The molecule has 2 aromatic rings. The van der Waals surface area contributed by atoms with E-state index in [9.17, 15) is 9.90 Å². The molecule has 28 heavy (non-hydrogen) atoms. The number of carbonyl (C=O) groups is 1. The molecule has 1 aromatic heterocycles. The zero-order valence-electron chi connectivity index (χ0n) is 16.8. The van der Waals surface area contributed by atoms with Crippen molar-refractivity contribution in [2.45, 2.75) is 56.5 Å². The number of hydrogen-bond donors (Lipinski definition) is 2. The van der Waals surface area contributed by atoms with Crippen LogP contribution in [0.15, 0.2) is 24.3 Å². The molecule has 6 unspecified atom stereocenters. The lowest BCUT2D eigenvalue weighted by atomic mass is 9.54. The van der Waals surface area contributed by atoms with Gasteiger partial charge in [-0.3, -0.25) is 9.69 Å². The summed E-state index contributed by atoms with van der Waals surface area (Å²) in [4.78, 5) is 19.7. The smallest absolute Gasteiger partial charge is 0.319 e. The number of H-pyrrole nitrogens is 1. The van der Waals surface area contributed by atoms with E-state index in [0.717, 1.165) is 49.9 Å². The summed E-state index contributed by atoms with van der Waals surface area (Å²) in [6, 6.07) is 8.91. The number of aromatic nitrogens is 1. The molecule has 0 spiro atoms. The number of carbonyl (C=O) groups excluding carboxylic acids is 1. The first kappa shape index (κ1) is 18.2. The fourth-order valence-corrected chi connectivity index (χ4v) is 6.91. The number of para-hydroxylation sites is 1. The van der Waals surface area contributed by atoms with Crippen LogP contribution in [0.5, 0.6) is 0 Å². The van der Waals surface area contributed by atoms with Crippen molar-refractivity contribution in [3.63, 3.8) is 0 Å². The topological polar surface area (TPSA) is 65.6 Å². The molecule has 3 aliphatic heterocycles. The summed E-state index contributed by atoms with van der Waals surface area (Å²) < 4.78 is 5.48. The quantitative estimate of drug-likeness (QED) is 0.798. The number of esters is 1. The molecule has 2 saturated heterocycles. The van der Waals surface area contributed by atoms with E-state index in [4.69, 9.17) is 4.74 Å². The first-order chi connectivity index (χ1) is 13.7. The number of ether oxygens (including phenoxy) is 1. The van der Waals surface area contributed by atoms with Crippen LogP contribution in [0.3, 0.4) is 0 Å². The van der Waals surface area contributed by atoms with E-state index in [1.807, 2.05) is 0 Å². The maximum Gasteiger partial charge on any atom is 0.319 e. The molecule has 1 aromatic carbocycles. The van der Waals surface area contributed by atoms with Crippen LogP contribution in [-0.4, -0.2) is 53.3 Å². The van der Waals surface area contributed by atoms with Gasteiger partial charge < -0.3 is 14.8 Å². The summed E-state index contributed by atoms with van der Waals surface area (Å²) in [5, 5.41) is 10.9. The van der Waals surface area contributed by atoms with Crippen LogP contribution in [0, 0.1) is 11.8 Å². The number of benzene rings is 1. The van der Waals surface area contributed by atoms with Gasteiger partial charge in [0.2, 0.25) is 0 Å². The van der Waals surface area contributed by atoms with Crippen molar-refractivity contribution in [1.29, 1.82) is 0 Å². The second kappa shape index (κ2) is 6.60. The lowest BCUT2D eigenvalue weighted by molar-refractivity contribution is -0.169. The average Bonchev–Trinajstić information content (AvgIpc) is 3.06. The number of rotatable bonds is 4. The highest BCUT2D eigenvalue weighted by molar-refractivity contribution is 5.91. The van der Waals surface area contributed by atoms with Gasteiger partial charge in [0.15, 0.2) is 0 Å². The third-order valence-electron chi connectivity index (χ3n) is 7.85. The van der Waals surface area contributed by atoms with Gasteiger partial charge in [-0.15, -0.1) is 0 Å². The maximum absolute atomic E-state index is 13.5. The highest BCUT2D eigenvalue weighted by Crippen LogP contribution is 2.57. The number of nitrogens with one attached hydrogen (secondary N) is 1. The molecule has 1 saturated carbocycles. The minimum atomic E-state index is -0.630. The molecule has 6 rings (SSSR count). The van der Waals surface area contributed by atoms with Crippen molar-refractivity contribution in [3.05, 3.63) is 35.5 Å². The van der Waals surface area contributed by atoms with Gasteiger partial charge in [0.25, 0.3) is 0 Å². The van der Waals surface area contributed by atoms with E-state index in [1.54, 1.807) is 0 Å². The Kier molecular flexibility index (Phi) is 4.29. The number of methoxy groups -OCH3 is 1. The van der Waals surface area contributed by atoms with Crippen molar-refractivity contribution in [3.8, 4) is 0 Å². The molecule has 4 heterocycles. The number of aliphatic hydroxyl groups is 1. The number of nitrogens with zero attached hydrogens (tertiary/aromatic N) is 1. The summed E-state index contributed by atoms with van der Waals surface area (Å²) in [5.41, 5.74) is 2.87. The van der Waals surface area contributed by atoms with E-state index in [2.05, 4.69) is 41.1 Å². The van der Waals surface area contributed by atoms with Crippen molar-refractivity contribution < 1.29 is 14.6 Å². The van der Waals surface area contributed by atoms with Crippen molar-refractivity contribution in [2.24, 2.45) is 11.8 Å². The lowest BCUT2D eigenvalue weighted by Crippen LogP contribution is -2.70. The van der Waals surface area contributed by atoms with Crippen molar-refractivity contribution in [2.75, 3.05) is 20.3 Å². The molecule has 6 atom stereocenters. The van der Waals surface area contributed by atoms with Gasteiger partial charge in [-0.2, -0.15) is 0 Å². The number of aliphatic hydroxyl groups excluding tert-OH is 1. The van der Waals surface area contributed by atoms with Gasteiger partial charge in [-0.1, -0.05) is 31.5 Å². The van der Waals surface area contributed by atoms with Gasteiger partial charge in [-0.05, 0) is 49.1 Å². The first-order valence-electron chi connectivity index (χ1n) is 10.7. The second-order valence-electron chi connectivity index (χ2n) is 8.87. The molecule has 1 aliphatic carbocycles. The van der Waals surface area contributed by atoms with Crippen LogP contribution in [0.1, 0.15) is 43.9 Å². The van der Waals surface area contributed by atoms with Gasteiger partial charge in [0.1, 0.15) is 5.41 Å². The molecule has 150 valence electrons. The molecule has 5 nitrogen and oxygen atoms in total. The van der Waals surface area contributed by atoms with Gasteiger partial charge in [0, 0.05) is 41.8 Å². The normalized spacial score (nSPS) is 36.2. The van der Waals surface area contributed by atoms with Gasteiger partial charge in [-0.25, -0.2) is 0 Å². The van der Waals surface area contributed by atoms with Gasteiger partial charge >= 0.3 is 5.97 Å². The second-order valence-corrected chi connectivity index (χ2v) is 8.87. The average molecular weight is 383 g/mol. The van der Waals surface area contributed by atoms with Crippen LogP contribution < -0.4 is 0 Å². The summed E-state index contributed by atoms with van der Waals surface area (Å²) in [7, 11) is 1.53. The van der Waals surface area contributed by atoms with E-state index in [0.29, 0.717) is 17.9 Å². The van der Waals surface area contributed by atoms with Crippen molar-refractivity contribution >= 4 is 16.9 Å². The standard InChI is InChI=1S/C23H30N2O3/c1-3-14-12-15-13-23(22(27)28-2)20-17(16-6-4-5-7-18(16)24-20)8-10-25(21(14)23)19(15)9-11-26/h4-7,14-15,19,21,24,26H,3,8-13H2,1-2H3. The number of hydrogen-bond acceptors (Lipinski definition) is 4. The van der Waals surface area contributed by atoms with E-state index in [-0.39, 0.29) is 18.6 Å². The molecular formula is C23H30N2O3. The number of aromatic amines is 1. The largest absolute Gasteiger partial charge is 0.468 e. The molecule has 0 amide bonds. The molecule has 5 heteroatoms.